The summed E-state index contributed by atoms with van der Waals surface area (Å²) in [5.41, 5.74) is 2.44. The molecule has 0 aliphatic carbocycles. The topological polar surface area (TPSA) is 92.4 Å². The average molecular weight is 474 g/mol. The van der Waals surface area contributed by atoms with Crippen LogP contribution >= 0.6 is 0 Å². The monoisotopic (exact) mass is 473 g/mol. The molecule has 4 aromatic rings. The van der Waals surface area contributed by atoms with Crippen LogP contribution in [0.25, 0.3) is 16.5 Å². The number of para-hydroxylation sites is 1. The molecule has 0 amide bonds. The number of ketones is 1. The molecule has 35 heavy (non-hydrogen) atoms. The Morgan fingerprint density at radius 3 is 2.37 bits per heavy atom. The van der Waals surface area contributed by atoms with Crippen LogP contribution in [0.15, 0.2) is 65.5 Å². The van der Waals surface area contributed by atoms with E-state index in [1.165, 1.54) is 4.68 Å². The molecule has 2 aromatic heterocycles. The molecule has 0 aliphatic rings. The van der Waals surface area contributed by atoms with Gasteiger partial charge in [0.2, 0.25) is 5.78 Å². The fraction of sp³-hybridized carbons (Fsp3) is 0.259. The van der Waals surface area contributed by atoms with Crippen molar-refractivity contribution in [3.05, 3.63) is 93.7 Å². The Hall–Kier alpha value is -4.04. The molecule has 8 nitrogen and oxygen atoms in total. The van der Waals surface area contributed by atoms with Crippen molar-refractivity contribution < 1.29 is 19.1 Å². The molecule has 0 bridgehead atoms. The van der Waals surface area contributed by atoms with E-state index in [0.717, 1.165) is 24.4 Å². The molecule has 2 aromatic carbocycles. The van der Waals surface area contributed by atoms with Gasteiger partial charge in [0.05, 0.1) is 11.1 Å². The van der Waals surface area contributed by atoms with Crippen molar-refractivity contribution in [1.82, 2.24) is 14.3 Å². The van der Waals surface area contributed by atoms with Crippen LogP contribution < -0.4 is 5.56 Å². The fourth-order valence-corrected chi connectivity index (χ4v) is 4.16. The SMILES string of the molecule is COCCCn1c(C)cc(C(=O)COC(=O)c2nn(-c3ccccc3)c(=O)c3ccccc23)c1C. The fourth-order valence-electron chi connectivity index (χ4n) is 4.16. The van der Waals surface area contributed by atoms with Crippen LogP contribution in [0.3, 0.4) is 0 Å². The summed E-state index contributed by atoms with van der Waals surface area (Å²) in [7, 11) is 1.66. The first-order valence-electron chi connectivity index (χ1n) is 11.4. The maximum absolute atomic E-state index is 13.0. The Bertz CT molecular complexity index is 1440. The molecule has 0 radical (unpaired) electrons. The summed E-state index contributed by atoms with van der Waals surface area (Å²) < 4.78 is 13.7. The first-order valence-corrected chi connectivity index (χ1v) is 11.4. The second-order valence-corrected chi connectivity index (χ2v) is 8.23. The number of carbonyl (C=O) groups excluding carboxylic acids is 2. The quantitative estimate of drug-likeness (QED) is 0.208. The Labute approximate surface area is 202 Å². The lowest BCUT2D eigenvalue weighted by Gasteiger charge is -2.11. The lowest BCUT2D eigenvalue weighted by Crippen LogP contribution is -2.26. The molecular weight excluding hydrogens is 446 g/mol. The van der Waals surface area contributed by atoms with E-state index in [4.69, 9.17) is 9.47 Å². The second-order valence-electron chi connectivity index (χ2n) is 8.23. The predicted octanol–water partition coefficient (Wildman–Crippen LogP) is 3.88. The van der Waals surface area contributed by atoms with Gasteiger partial charge in [0.15, 0.2) is 12.3 Å². The van der Waals surface area contributed by atoms with Gasteiger partial charge in [-0.25, -0.2) is 4.79 Å². The van der Waals surface area contributed by atoms with E-state index in [2.05, 4.69) is 9.67 Å². The van der Waals surface area contributed by atoms with Crippen LogP contribution in [0.1, 0.15) is 38.7 Å². The van der Waals surface area contributed by atoms with Crippen molar-refractivity contribution in [2.75, 3.05) is 20.3 Å². The molecule has 0 atom stereocenters. The number of hydrogen-bond acceptors (Lipinski definition) is 6. The molecule has 8 heteroatoms. The van der Waals surface area contributed by atoms with Crippen molar-refractivity contribution in [1.29, 1.82) is 0 Å². The Morgan fingerprint density at radius 1 is 0.971 bits per heavy atom. The van der Waals surface area contributed by atoms with Gasteiger partial charge < -0.3 is 14.0 Å². The molecule has 0 saturated carbocycles. The lowest BCUT2D eigenvalue weighted by atomic mass is 10.1. The van der Waals surface area contributed by atoms with Crippen molar-refractivity contribution in [2.24, 2.45) is 0 Å². The highest BCUT2D eigenvalue weighted by molar-refractivity contribution is 6.04. The van der Waals surface area contributed by atoms with Crippen molar-refractivity contribution >= 4 is 22.5 Å². The highest BCUT2D eigenvalue weighted by Crippen LogP contribution is 2.19. The molecule has 4 rings (SSSR count). The van der Waals surface area contributed by atoms with E-state index in [0.29, 0.717) is 28.6 Å². The van der Waals surface area contributed by atoms with Gasteiger partial charge >= 0.3 is 5.97 Å². The summed E-state index contributed by atoms with van der Waals surface area (Å²) in [6.07, 6.45) is 0.825. The van der Waals surface area contributed by atoms with E-state index in [-0.39, 0.29) is 17.0 Å². The van der Waals surface area contributed by atoms with Gasteiger partial charge in [0.1, 0.15) is 0 Å². The minimum atomic E-state index is -0.770. The molecule has 0 spiro atoms. The number of carbonyl (C=O) groups is 2. The first kappa shape index (κ1) is 24.1. The zero-order chi connectivity index (χ0) is 24.9. The van der Waals surface area contributed by atoms with E-state index < -0.39 is 12.6 Å². The summed E-state index contributed by atoms with van der Waals surface area (Å²) in [6.45, 7) is 4.74. The molecule has 0 fully saturated rings. The van der Waals surface area contributed by atoms with Crippen LogP contribution in [0.2, 0.25) is 0 Å². The molecule has 0 N–H and O–H groups in total. The van der Waals surface area contributed by atoms with Crippen LogP contribution in [-0.4, -0.2) is 46.4 Å². The number of benzene rings is 2. The number of methoxy groups -OCH3 is 1. The number of hydrogen-bond donors (Lipinski definition) is 0. The maximum Gasteiger partial charge on any atom is 0.359 e. The van der Waals surface area contributed by atoms with Gasteiger partial charge in [-0.15, -0.1) is 0 Å². The summed E-state index contributed by atoms with van der Waals surface area (Å²) >= 11 is 0. The predicted molar refractivity (Wildman–Crippen MR) is 132 cm³/mol. The smallest absolute Gasteiger partial charge is 0.359 e. The number of ether oxygens (including phenoxy) is 2. The normalized spacial score (nSPS) is 11.1. The van der Waals surface area contributed by atoms with E-state index >= 15 is 0 Å². The zero-order valence-electron chi connectivity index (χ0n) is 20.0. The number of rotatable bonds is 9. The van der Waals surface area contributed by atoms with E-state index in [1.54, 1.807) is 55.6 Å². The van der Waals surface area contributed by atoms with Crippen LogP contribution in [0, 0.1) is 13.8 Å². The number of aryl methyl sites for hydroxylation is 1. The van der Waals surface area contributed by atoms with Gasteiger partial charge in [-0.2, -0.15) is 9.78 Å². The minimum Gasteiger partial charge on any atom is -0.452 e. The summed E-state index contributed by atoms with van der Waals surface area (Å²) in [5.74, 6) is -1.07. The molecule has 2 heterocycles. The Kier molecular flexibility index (Phi) is 7.22. The highest BCUT2D eigenvalue weighted by Gasteiger charge is 2.21. The Morgan fingerprint density at radius 2 is 1.66 bits per heavy atom. The van der Waals surface area contributed by atoms with Crippen LogP contribution in [0.4, 0.5) is 0 Å². The van der Waals surface area contributed by atoms with Gasteiger partial charge in [0.25, 0.3) is 5.56 Å². The van der Waals surface area contributed by atoms with Crippen LogP contribution in [0.5, 0.6) is 0 Å². The standard InChI is InChI=1S/C27H27N3O5/c1-18-16-23(19(2)29(18)14-9-15-34-3)24(31)17-35-27(33)25-21-12-7-8-13-22(21)26(32)30(28-25)20-10-5-4-6-11-20/h4-8,10-13,16H,9,14-15,17H2,1-3H3. The largest absolute Gasteiger partial charge is 0.452 e. The summed E-state index contributed by atoms with van der Waals surface area (Å²) in [6, 6.07) is 17.4. The van der Waals surface area contributed by atoms with Crippen molar-refractivity contribution in [3.8, 4) is 5.69 Å². The zero-order valence-corrected chi connectivity index (χ0v) is 20.0. The number of Topliss-reactive ketones (excluding diaryl/α,β-unsaturated/α-hetero) is 1. The number of nitrogens with zero attached hydrogens (tertiary/aromatic N) is 3. The third kappa shape index (κ3) is 4.93. The third-order valence-electron chi connectivity index (χ3n) is 5.94. The van der Waals surface area contributed by atoms with Crippen molar-refractivity contribution in [2.45, 2.75) is 26.8 Å². The van der Waals surface area contributed by atoms with Crippen LogP contribution in [-0.2, 0) is 16.0 Å². The minimum absolute atomic E-state index is 0.0260. The first-order chi connectivity index (χ1) is 16.9. The van der Waals surface area contributed by atoms with Gasteiger partial charge in [-0.3, -0.25) is 9.59 Å². The third-order valence-corrected chi connectivity index (χ3v) is 5.94. The Balaban J connectivity index is 1.59. The maximum atomic E-state index is 13.0. The lowest BCUT2D eigenvalue weighted by molar-refractivity contribution is 0.0469. The molecular formula is C27H27N3O5. The second kappa shape index (κ2) is 10.5. The average Bonchev–Trinajstić information content (AvgIpc) is 3.16. The summed E-state index contributed by atoms with van der Waals surface area (Å²) in [4.78, 5) is 39.0. The number of aromatic nitrogens is 3. The molecule has 0 saturated heterocycles. The van der Waals surface area contributed by atoms with Gasteiger partial charge in [0, 0.05) is 42.6 Å². The van der Waals surface area contributed by atoms with Gasteiger partial charge in [-0.05, 0) is 44.5 Å². The number of fused-ring (bicyclic) bond motifs is 1. The van der Waals surface area contributed by atoms with Gasteiger partial charge in [-0.1, -0.05) is 36.4 Å². The molecule has 0 unspecified atom stereocenters. The number of esters is 1. The molecule has 180 valence electrons. The highest BCUT2D eigenvalue weighted by atomic mass is 16.5. The summed E-state index contributed by atoms with van der Waals surface area (Å²) in [5, 5.41) is 5.01. The molecule has 0 aliphatic heterocycles. The van der Waals surface area contributed by atoms with Crippen molar-refractivity contribution in [3.63, 3.8) is 0 Å². The van der Waals surface area contributed by atoms with E-state index in [1.807, 2.05) is 26.0 Å². The van der Waals surface area contributed by atoms with E-state index in [9.17, 15) is 14.4 Å².